The molecule has 0 aliphatic carbocycles. The maximum atomic E-state index is 11.8. The van der Waals surface area contributed by atoms with Gasteiger partial charge in [0, 0.05) is 19.2 Å². The highest BCUT2D eigenvalue weighted by Crippen LogP contribution is 2.28. The van der Waals surface area contributed by atoms with Crippen LogP contribution in [0.3, 0.4) is 0 Å². The Morgan fingerprint density at radius 2 is 2.09 bits per heavy atom. The highest BCUT2D eigenvalue weighted by atomic mass is 16.5. The number of carbonyl (C=O) groups is 1. The van der Waals surface area contributed by atoms with Gasteiger partial charge >= 0.3 is 0 Å². The lowest BCUT2D eigenvalue weighted by atomic mass is 10.2. The molecule has 0 aliphatic heterocycles. The zero-order chi connectivity index (χ0) is 17.1. The van der Waals surface area contributed by atoms with Crippen LogP contribution in [0.1, 0.15) is 32.8 Å². The molecule has 0 fully saturated rings. The predicted octanol–water partition coefficient (Wildman–Crippen LogP) is 3.04. The van der Waals surface area contributed by atoms with Crippen LogP contribution in [0.4, 0.5) is 0 Å². The summed E-state index contributed by atoms with van der Waals surface area (Å²) < 4.78 is 16.2. The molecule has 5 heteroatoms. The Balaban J connectivity index is 2.46. The minimum atomic E-state index is -0.122. The molecule has 0 saturated heterocycles. The highest BCUT2D eigenvalue weighted by Gasteiger charge is 2.04. The molecular weight excluding hydrogens is 294 g/mol. The summed E-state index contributed by atoms with van der Waals surface area (Å²) in [7, 11) is 1.60. The lowest BCUT2D eigenvalue weighted by Crippen LogP contribution is -2.23. The maximum absolute atomic E-state index is 11.8. The molecule has 0 aliphatic rings. The van der Waals surface area contributed by atoms with Crippen LogP contribution in [-0.2, 0) is 9.53 Å². The van der Waals surface area contributed by atoms with Gasteiger partial charge in [-0.2, -0.15) is 0 Å². The van der Waals surface area contributed by atoms with E-state index in [9.17, 15) is 4.79 Å². The van der Waals surface area contributed by atoms with Crippen LogP contribution >= 0.6 is 0 Å². The van der Waals surface area contributed by atoms with Crippen molar-refractivity contribution in [2.24, 2.45) is 0 Å². The van der Waals surface area contributed by atoms with Gasteiger partial charge in [-0.1, -0.05) is 6.07 Å². The van der Waals surface area contributed by atoms with Crippen molar-refractivity contribution in [3.8, 4) is 11.5 Å². The van der Waals surface area contributed by atoms with Crippen LogP contribution < -0.4 is 14.8 Å². The Hall–Kier alpha value is -2.01. The van der Waals surface area contributed by atoms with Gasteiger partial charge in [-0.05, 0) is 51.0 Å². The van der Waals surface area contributed by atoms with E-state index in [0.717, 1.165) is 12.0 Å². The molecule has 1 aromatic rings. The number of rotatable bonds is 10. The van der Waals surface area contributed by atoms with Gasteiger partial charge in [-0.15, -0.1) is 0 Å². The van der Waals surface area contributed by atoms with E-state index in [-0.39, 0.29) is 12.0 Å². The third-order valence-electron chi connectivity index (χ3n) is 2.99. The molecule has 0 atom stereocenters. The number of ether oxygens (including phenoxy) is 3. The van der Waals surface area contributed by atoms with Crippen molar-refractivity contribution < 1.29 is 19.0 Å². The standard InChI is InChI=1S/C18H27NO4/c1-5-22-17-13-15(7-9-16(17)21-4)8-10-18(20)19-11-6-12-23-14(2)3/h7-10,13-14H,5-6,11-12H2,1-4H3,(H,19,20)/b10-8+. The first-order valence-electron chi connectivity index (χ1n) is 7.95. The molecule has 23 heavy (non-hydrogen) atoms. The van der Waals surface area contributed by atoms with Crippen molar-refractivity contribution in [3.05, 3.63) is 29.8 Å². The predicted molar refractivity (Wildman–Crippen MR) is 91.9 cm³/mol. The van der Waals surface area contributed by atoms with Gasteiger partial charge in [-0.3, -0.25) is 4.79 Å². The quantitative estimate of drug-likeness (QED) is 0.531. The summed E-state index contributed by atoms with van der Waals surface area (Å²) in [5.41, 5.74) is 0.882. The van der Waals surface area contributed by atoms with Crippen LogP contribution in [0.2, 0.25) is 0 Å². The molecular formula is C18H27NO4. The molecule has 1 rings (SSSR count). The molecule has 1 aromatic carbocycles. The van der Waals surface area contributed by atoms with E-state index in [2.05, 4.69) is 5.32 Å². The number of carbonyl (C=O) groups excluding carboxylic acids is 1. The first-order chi connectivity index (χ1) is 11.1. The summed E-state index contributed by atoms with van der Waals surface area (Å²) in [5, 5.41) is 2.83. The summed E-state index contributed by atoms with van der Waals surface area (Å²) in [6.07, 6.45) is 4.29. The zero-order valence-corrected chi connectivity index (χ0v) is 14.4. The molecule has 0 saturated carbocycles. The smallest absolute Gasteiger partial charge is 0.244 e. The van der Waals surface area contributed by atoms with Gasteiger partial charge in [0.2, 0.25) is 5.91 Å². The summed E-state index contributed by atoms with van der Waals surface area (Å²) in [6, 6.07) is 5.55. The molecule has 0 aromatic heterocycles. The van der Waals surface area contributed by atoms with E-state index in [1.807, 2.05) is 39.0 Å². The van der Waals surface area contributed by atoms with Crippen molar-refractivity contribution in [3.63, 3.8) is 0 Å². The maximum Gasteiger partial charge on any atom is 0.244 e. The Kier molecular flexibility index (Phi) is 8.83. The fraction of sp³-hybridized carbons (Fsp3) is 0.500. The number of nitrogens with one attached hydrogen (secondary N) is 1. The normalized spacial score (nSPS) is 11.0. The lowest BCUT2D eigenvalue weighted by molar-refractivity contribution is -0.116. The van der Waals surface area contributed by atoms with Gasteiger partial charge in [-0.25, -0.2) is 0 Å². The van der Waals surface area contributed by atoms with Gasteiger partial charge < -0.3 is 19.5 Å². The van der Waals surface area contributed by atoms with E-state index >= 15 is 0 Å². The second-order valence-electron chi connectivity index (χ2n) is 5.24. The minimum absolute atomic E-state index is 0.122. The Labute approximate surface area is 138 Å². The van der Waals surface area contributed by atoms with Crippen LogP contribution in [0.25, 0.3) is 6.08 Å². The number of methoxy groups -OCH3 is 1. The van der Waals surface area contributed by atoms with Gasteiger partial charge in [0.05, 0.1) is 19.8 Å². The molecule has 1 N–H and O–H groups in total. The first kappa shape index (κ1) is 19.0. The second kappa shape index (κ2) is 10.7. The van der Waals surface area contributed by atoms with E-state index in [4.69, 9.17) is 14.2 Å². The molecule has 128 valence electrons. The summed E-state index contributed by atoms with van der Waals surface area (Å²) in [4.78, 5) is 11.8. The summed E-state index contributed by atoms with van der Waals surface area (Å²) in [6.45, 7) is 7.71. The molecule has 5 nitrogen and oxygen atoms in total. The van der Waals surface area contributed by atoms with Crippen molar-refractivity contribution >= 4 is 12.0 Å². The number of hydrogen-bond donors (Lipinski definition) is 1. The largest absolute Gasteiger partial charge is 0.493 e. The molecule has 0 spiro atoms. The average molecular weight is 321 g/mol. The summed E-state index contributed by atoms with van der Waals surface area (Å²) >= 11 is 0. The number of amides is 1. The Bertz CT molecular complexity index is 512. The molecule has 0 bridgehead atoms. The molecule has 1 amide bonds. The van der Waals surface area contributed by atoms with Gasteiger partial charge in [0.15, 0.2) is 11.5 Å². The van der Waals surface area contributed by atoms with Crippen molar-refractivity contribution in [2.45, 2.75) is 33.3 Å². The Morgan fingerprint density at radius 1 is 1.30 bits per heavy atom. The minimum Gasteiger partial charge on any atom is -0.493 e. The van der Waals surface area contributed by atoms with Crippen LogP contribution in [-0.4, -0.2) is 38.9 Å². The summed E-state index contributed by atoms with van der Waals surface area (Å²) in [5.74, 6) is 1.23. The third kappa shape index (κ3) is 7.70. The monoisotopic (exact) mass is 321 g/mol. The fourth-order valence-electron chi connectivity index (χ4n) is 1.90. The fourth-order valence-corrected chi connectivity index (χ4v) is 1.90. The lowest BCUT2D eigenvalue weighted by Gasteiger charge is -2.09. The number of benzene rings is 1. The Morgan fingerprint density at radius 3 is 2.74 bits per heavy atom. The van der Waals surface area contributed by atoms with Crippen LogP contribution in [0.15, 0.2) is 24.3 Å². The third-order valence-corrected chi connectivity index (χ3v) is 2.99. The van der Waals surface area contributed by atoms with E-state index in [0.29, 0.717) is 31.3 Å². The molecule has 0 radical (unpaired) electrons. The van der Waals surface area contributed by atoms with E-state index < -0.39 is 0 Å². The highest BCUT2D eigenvalue weighted by molar-refractivity contribution is 5.91. The van der Waals surface area contributed by atoms with Gasteiger partial charge in [0.1, 0.15) is 0 Å². The topological polar surface area (TPSA) is 56.8 Å². The second-order valence-corrected chi connectivity index (χ2v) is 5.24. The SMILES string of the molecule is CCOc1cc(/C=C/C(=O)NCCCOC(C)C)ccc1OC. The average Bonchev–Trinajstić information content (AvgIpc) is 2.53. The van der Waals surface area contributed by atoms with Crippen LogP contribution in [0, 0.1) is 0 Å². The van der Waals surface area contributed by atoms with Crippen molar-refractivity contribution in [2.75, 3.05) is 26.9 Å². The van der Waals surface area contributed by atoms with Crippen LogP contribution in [0.5, 0.6) is 11.5 Å². The van der Waals surface area contributed by atoms with Crippen molar-refractivity contribution in [1.29, 1.82) is 0 Å². The zero-order valence-electron chi connectivity index (χ0n) is 14.4. The molecule has 0 heterocycles. The molecule has 0 unspecified atom stereocenters. The number of hydrogen-bond acceptors (Lipinski definition) is 4. The van der Waals surface area contributed by atoms with Crippen molar-refractivity contribution in [1.82, 2.24) is 5.32 Å². The van der Waals surface area contributed by atoms with E-state index in [1.54, 1.807) is 13.2 Å². The van der Waals surface area contributed by atoms with E-state index in [1.165, 1.54) is 6.08 Å². The first-order valence-corrected chi connectivity index (χ1v) is 7.95. The van der Waals surface area contributed by atoms with Gasteiger partial charge in [0.25, 0.3) is 0 Å².